The fourth-order valence-electron chi connectivity index (χ4n) is 1.67. The number of nitrogens with one attached hydrogen (secondary N) is 1. The summed E-state index contributed by atoms with van der Waals surface area (Å²) >= 11 is 8.63. The average Bonchev–Trinajstić information content (AvgIpc) is 2.75. The third kappa shape index (κ3) is 4.83. The van der Waals surface area contributed by atoms with E-state index < -0.39 is 0 Å². The number of hydrogen-bond acceptors (Lipinski definition) is 4. The largest absolute Gasteiger partial charge is 0.459 e. The second-order valence-electron chi connectivity index (χ2n) is 4.72. The summed E-state index contributed by atoms with van der Waals surface area (Å²) in [5.74, 6) is -0.289. The number of ether oxygens (including phenoxy) is 1. The second-order valence-corrected chi connectivity index (χ2v) is 8.03. The van der Waals surface area contributed by atoms with Crippen molar-refractivity contribution in [3.63, 3.8) is 0 Å². The van der Waals surface area contributed by atoms with Crippen molar-refractivity contribution >= 4 is 54.9 Å². The highest BCUT2D eigenvalue weighted by molar-refractivity contribution is 9.13. The van der Waals surface area contributed by atoms with Crippen LogP contribution in [0.4, 0.5) is 5.69 Å². The van der Waals surface area contributed by atoms with Gasteiger partial charge in [-0.15, -0.1) is 11.3 Å². The first-order valence-electron chi connectivity index (χ1n) is 6.44. The monoisotopic (exact) mass is 431 g/mol. The van der Waals surface area contributed by atoms with Crippen LogP contribution < -0.4 is 5.32 Å². The molecule has 0 atom stereocenters. The Morgan fingerprint density at radius 2 is 1.95 bits per heavy atom. The summed E-state index contributed by atoms with van der Waals surface area (Å²) < 4.78 is 7.31. The van der Waals surface area contributed by atoms with Gasteiger partial charge < -0.3 is 10.1 Å². The molecule has 0 spiro atoms. The van der Waals surface area contributed by atoms with Crippen molar-refractivity contribution in [1.82, 2.24) is 0 Å². The molecule has 0 aliphatic heterocycles. The first-order chi connectivity index (χ1) is 9.95. The molecule has 1 heterocycles. The van der Waals surface area contributed by atoms with Gasteiger partial charge in [-0.1, -0.05) is 0 Å². The summed E-state index contributed by atoms with van der Waals surface area (Å²) in [5, 5.41) is 3.33. The van der Waals surface area contributed by atoms with Gasteiger partial charge in [0.05, 0.1) is 15.5 Å². The van der Waals surface area contributed by atoms with Gasteiger partial charge in [-0.2, -0.15) is 0 Å². The Hall–Kier alpha value is -0.850. The van der Waals surface area contributed by atoms with Crippen LogP contribution in [0.25, 0.3) is 0 Å². The highest BCUT2D eigenvalue weighted by Gasteiger charge is 2.09. The first-order valence-corrected chi connectivity index (χ1v) is 8.84. The standard InChI is InChI=1S/C15H15Br2NO2S/c1-9(2)20-15(19)10-3-5-11(6-4-10)18-8-12-7-13(16)14(17)21-12/h3-7,9,18H,8H2,1-2H3. The van der Waals surface area contributed by atoms with Crippen LogP contribution in [0.3, 0.4) is 0 Å². The number of benzene rings is 1. The van der Waals surface area contributed by atoms with Crippen molar-refractivity contribution in [2.45, 2.75) is 26.5 Å². The molecule has 21 heavy (non-hydrogen) atoms. The Kier molecular flexibility index (Phi) is 5.84. The maximum Gasteiger partial charge on any atom is 0.338 e. The molecule has 2 aromatic rings. The van der Waals surface area contributed by atoms with Crippen molar-refractivity contribution < 1.29 is 9.53 Å². The summed E-state index contributed by atoms with van der Waals surface area (Å²) in [6, 6.07) is 9.39. The lowest BCUT2D eigenvalue weighted by atomic mass is 10.2. The number of thiophene rings is 1. The van der Waals surface area contributed by atoms with Gasteiger partial charge >= 0.3 is 5.97 Å². The van der Waals surface area contributed by atoms with E-state index in [4.69, 9.17) is 4.74 Å². The zero-order valence-corrected chi connectivity index (χ0v) is 15.6. The Bertz CT molecular complexity index is 604. The number of rotatable bonds is 5. The van der Waals surface area contributed by atoms with Gasteiger partial charge in [0.25, 0.3) is 0 Å². The number of halogens is 2. The predicted octanol–water partition coefficient (Wildman–Crippen LogP) is 5.45. The summed E-state index contributed by atoms with van der Waals surface area (Å²) in [6.07, 6.45) is -0.106. The van der Waals surface area contributed by atoms with E-state index in [1.54, 1.807) is 23.5 Å². The van der Waals surface area contributed by atoms with Crippen LogP contribution in [0.5, 0.6) is 0 Å². The molecule has 112 valence electrons. The molecule has 0 bridgehead atoms. The zero-order chi connectivity index (χ0) is 15.4. The molecule has 0 unspecified atom stereocenters. The second kappa shape index (κ2) is 7.42. The maximum atomic E-state index is 11.7. The minimum atomic E-state index is -0.289. The summed E-state index contributed by atoms with van der Waals surface area (Å²) in [5.41, 5.74) is 1.53. The molecule has 2 rings (SSSR count). The van der Waals surface area contributed by atoms with Crippen LogP contribution in [-0.4, -0.2) is 12.1 Å². The van der Waals surface area contributed by atoms with Crippen molar-refractivity contribution in [1.29, 1.82) is 0 Å². The zero-order valence-electron chi connectivity index (χ0n) is 11.7. The lowest BCUT2D eigenvalue weighted by Gasteiger charge is -2.09. The molecule has 6 heteroatoms. The fourth-order valence-corrected chi connectivity index (χ4v) is 3.79. The Morgan fingerprint density at radius 3 is 2.48 bits per heavy atom. The van der Waals surface area contributed by atoms with E-state index in [9.17, 15) is 4.79 Å². The topological polar surface area (TPSA) is 38.3 Å². The van der Waals surface area contributed by atoms with Gasteiger partial charge in [-0.3, -0.25) is 0 Å². The Labute approximate surface area is 145 Å². The van der Waals surface area contributed by atoms with Crippen LogP contribution in [0.1, 0.15) is 29.1 Å². The van der Waals surface area contributed by atoms with Crippen LogP contribution in [0, 0.1) is 0 Å². The van der Waals surface area contributed by atoms with E-state index >= 15 is 0 Å². The summed E-state index contributed by atoms with van der Waals surface area (Å²) in [6.45, 7) is 4.42. The van der Waals surface area contributed by atoms with Crippen molar-refractivity contribution in [2.75, 3.05) is 5.32 Å². The normalized spacial score (nSPS) is 10.7. The van der Waals surface area contributed by atoms with E-state index in [0.29, 0.717) is 5.56 Å². The van der Waals surface area contributed by atoms with Gasteiger partial charge in [0.2, 0.25) is 0 Å². The molecule has 0 saturated carbocycles. The number of anilines is 1. The van der Waals surface area contributed by atoms with Crippen LogP contribution in [0.2, 0.25) is 0 Å². The number of carbonyl (C=O) groups excluding carboxylic acids is 1. The van der Waals surface area contributed by atoms with E-state index in [1.807, 2.05) is 26.0 Å². The third-order valence-electron chi connectivity index (χ3n) is 2.63. The van der Waals surface area contributed by atoms with Crippen molar-refractivity contribution in [2.24, 2.45) is 0 Å². The quantitative estimate of drug-likeness (QED) is 0.638. The summed E-state index contributed by atoms with van der Waals surface area (Å²) in [4.78, 5) is 13.0. The predicted molar refractivity (Wildman–Crippen MR) is 94.0 cm³/mol. The van der Waals surface area contributed by atoms with Crippen molar-refractivity contribution in [3.05, 3.63) is 49.0 Å². The molecule has 0 aliphatic carbocycles. The molecule has 0 saturated heterocycles. The minimum Gasteiger partial charge on any atom is -0.459 e. The van der Waals surface area contributed by atoms with E-state index in [2.05, 4.69) is 43.2 Å². The smallest absolute Gasteiger partial charge is 0.338 e. The highest BCUT2D eigenvalue weighted by Crippen LogP contribution is 2.32. The molecule has 0 radical (unpaired) electrons. The molecule has 1 aromatic heterocycles. The van der Waals surface area contributed by atoms with E-state index in [1.165, 1.54) is 4.88 Å². The van der Waals surface area contributed by atoms with Gasteiger partial charge in [-0.25, -0.2) is 4.79 Å². The van der Waals surface area contributed by atoms with Gasteiger partial charge in [-0.05, 0) is 76.0 Å². The lowest BCUT2D eigenvalue weighted by molar-refractivity contribution is 0.0378. The number of esters is 1. The summed E-state index contributed by atoms with van der Waals surface area (Å²) in [7, 11) is 0. The fraction of sp³-hybridized carbons (Fsp3) is 0.267. The van der Waals surface area contributed by atoms with Gasteiger partial charge in [0.15, 0.2) is 0 Å². The maximum absolute atomic E-state index is 11.7. The van der Waals surface area contributed by atoms with Crippen LogP contribution >= 0.6 is 43.2 Å². The molecular formula is C15H15Br2NO2S. The molecular weight excluding hydrogens is 418 g/mol. The lowest BCUT2D eigenvalue weighted by Crippen LogP contribution is -2.11. The van der Waals surface area contributed by atoms with Crippen LogP contribution in [-0.2, 0) is 11.3 Å². The number of carbonyl (C=O) groups is 1. The average molecular weight is 433 g/mol. The minimum absolute atomic E-state index is 0.106. The first kappa shape index (κ1) is 16.5. The Morgan fingerprint density at radius 1 is 1.29 bits per heavy atom. The molecule has 1 aromatic carbocycles. The third-order valence-corrected chi connectivity index (χ3v) is 5.88. The molecule has 0 aliphatic rings. The SMILES string of the molecule is CC(C)OC(=O)c1ccc(NCc2cc(Br)c(Br)s2)cc1. The molecule has 0 fully saturated rings. The Balaban J connectivity index is 1.94. The number of hydrogen-bond donors (Lipinski definition) is 1. The van der Waals surface area contributed by atoms with E-state index in [-0.39, 0.29) is 12.1 Å². The molecule has 3 nitrogen and oxygen atoms in total. The molecule has 0 amide bonds. The highest BCUT2D eigenvalue weighted by atomic mass is 79.9. The van der Waals surface area contributed by atoms with Gasteiger partial charge in [0, 0.05) is 21.6 Å². The van der Waals surface area contributed by atoms with Crippen molar-refractivity contribution in [3.8, 4) is 0 Å². The van der Waals surface area contributed by atoms with E-state index in [0.717, 1.165) is 20.5 Å². The molecule has 1 N–H and O–H groups in total. The van der Waals surface area contributed by atoms with Gasteiger partial charge in [0.1, 0.15) is 0 Å². The van der Waals surface area contributed by atoms with Crippen LogP contribution in [0.15, 0.2) is 38.6 Å².